The fourth-order valence-electron chi connectivity index (χ4n) is 4.02. The molecule has 2 fully saturated rings. The number of imidazole rings is 1. The standard InChI is InChI=1S/C22H32N4O4S2/c1-3-9-24(15-17-5-6-17)21(27)16-31-22-23-19-14-18(7-8-20(19)26(22)4-2)32(28,29)25-10-12-30-13-11-25/h7-8,14,17H,3-6,9-13,15-16H2,1-2H3. The van der Waals surface area contributed by atoms with Gasteiger partial charge in [0.05, 0.1) is 34.9 Å². The summed E-state index contributed by atoms with van der Waals surface area (Å²) in [5.74, 6) is 1.16. The molecule has 0 unspecified atom stereocenters. The molecule has 0 bridgehead atoms. The Morgan fingerprint density at radius 1 is 1.25 bits per heavy atom. The van der Waals surface area contributed by atoms with Gasteiger partial charge in [-0.25, -0.2) is 13.4 Å². The smallest absolute Gasteiger partial charge is 0.243 e. The summed E-state index contributed by atoms with van der Waals surface area (Å²) in [6.45, 7) is 8.03. The van der Waals surface area contributed by atoms with Crippen molar-refractivity contribution in [3.05, 3.63) is 18.2 Å². The first kappa shape index (κ1) is 23.5. The van der Waals surface area contributed by atoms with Gasteiger partial charge in [0.15, 0.2) is 5.16 Å². The van der Waals surface area contributed by atoms with Crippen molar-refractivity contribution in [1.29, 1.82) is 0 Å². The normalized spacial score (nSPS) is 17.7. The van der Waals surface area contributed by atoms with Crippen LogP contribution < -0.4 is 0 Å². The number of rotatable bonds is 10. The second-order valence-corrected chi connectivity index (χ2v) is 11.3. The van der Waals surface area contributed by atoms with Crippen molar-refractivity contribution >= 4 is 38.7 Å². The van der Waals surface area contributed by atoms with E-state index < -0.39 is 10.0 Å². The Morgan fingerprint density at radius 2 is 2.00 bits per heavy atom. The molecule has 0 N–H and O–H groups in total. The minimum Gasteiger partial charge on any atom is -0.379 e. The summed E-state index contributed by atoms with van der Waals surface area (Å²) < 4.78 is 34.8. The van der Waals surface area contributed by atoms with Crippen molar-refractivity contribution in [2.45, 2.75) is 49.7 Å². The van der Waals surface area contributed by atoms with Gasteiger partial charge in [-0.1, -0.05) is 18.7 Å². The van der Waals surface area contributed by atoms with Crippen LogP contribution in [0.5, 0.6) is 0 Å². The topological polar surface area (TPSA) is 84.7 Å². The molecule has 2 aromatic rings. The number of morpholine rings is 1. The van der Waals surface area contributed by atoms with Crippen LogP contribution in [-0.4, -0.2) is 78.2 Å². The lowest BCUT2D eigenvalue weighted by atomic mass is 10.3. The van der Waals surface area contributed by atoms with E-state index in [9.17, 15) is 13.2 Å². The number of benzene rings is 1. The van der Waals surface area contributed by atoms with E-state index in [1.807, 2.05) is 22.5 Å². The highest BCUT2D eigenvalue weighted by Gasteiger charge is 2.28. The molecule has 32 heavy (non-hydrogen) atoms. The van der Waals surface area contributed by atoms with Crippen molar-refractivity contribution < 1.29 is 17.9 Å². The summed E-state index contributed by atoms with van der Waals surface area (Å²) in [4.78, 5) is 19.8. The molecular weight excluding hydrogens is 448 g/mol. The molecule has 0 spiro atoms. The molecule has 1 amide bonds. The third-order valence-corrected chi connectivity index (χ3v) is 8.81. The summed E-state index contributed by atoms with van der Waals surface area (Å²) >= 11 is 1.43. The first-order valence-corrected chi connectivity index (χ1v) is 13.8. The fourth-order valence-corrected chi connectivity index (χ4v) is 6.43. The number of aryl methyl sites for hydroxylation is 1. The average Bonchev–Trinajstić information content (AvgIpc) is 3.55. The molecule has 1 aromatic carbocycles. The Hall–Kier alpha value is -1.62. The van der Waals surface area contributed by atoms with Gasteiger partial charge in [0, 0.05) is 32.7 Å². The summed E-state index contributed by atoms with van der Waals surface area (Å²) in [5, 5.41) is 0.750. The number of thioether (sulfide) groups is 1. The Kier molecular flexibility index (Phi) is 7.44. The lowest BCUT2D eigenvalue weighted by molar-refractivity contribution is -0.128. The summed E-state index contributed by atoms with van der Waals surface area (Å²) in [5.41, 5.74) is 1.52. The molecule has 176 valence electrons. The van der Waals surface area contributed by atoms with Gasteiger partial charge in [0.2, 0.25) is 15.9 Å². The molecule has 10 heteroatoms. The van der Waals surface area contributed by atoms with Crippen molar-refractivity contribution in [3.8, 4) is 0 Å². The van der Waals surface area contributed by atoms with Gasteiger partial charge in [0.1, 0.15) is 0 Å². The van der Waals surface area contributed by atoms with E-state index in [1.54, 1.807) is 12.1 Å². The first-order valence-electron chi connectivity index (χ1n) is 11.4. The monoisotopic (exact) mass is 480 g/mol. The number of carbonyl (C=O) groups excluding carboxylic acids is 1. The molecule has 0 atom stereocenters. The van der Waals surface area contributed by atoms with Crippen LogP contribution >= 0.6 is 11.8 Å². The molecule has 1 saturated heterocycles. The highest BCUT2D eigenvalue weighted by molar-refractivity contribution is 7.99. The van der Waals surface area contributed by atoms with Gasteiger partial charge in [0.25, 0.3) is 0 Å². The Bertz CT molecular complexity index is 1060. The maximum absolute atomic E-state index is 13.0. The summed E-state index contributed by atoms with van der Waals surface area (Å²) in [7, 11) is -3.58. The van der Waals surface area contributed by atoms with Crippen molar-refractivity contribution in [1.82, 2.24) is 18.8 Å². The van der Waals surface area contributed by atoms with E-state index in [1.165, 1.54) is 28.9 Å². The Balaban J connectivity index is 1.52. The number of nitrogens with zero attached hydrogens (tertiary/aromatic N) is 4. The van der Waals surface area contributed by atoms with Crippen molar-refractivity contribution in [2.24, 2.45) is 5.92 Å². The Labute approximate surface area is 194 Å². The zero-order valence-corrected chi connectivity index (χ0v) is 20.5. The van der Waals surface area contributed by atoms with Crippen LogP contribution in [0, 0.1) is 5.92 Å². The Morgan fingerprint density at radius 3 is 2.66 bits per heavy atom. The quantitative estimate of drug-likeness (QED) is 0.486. The average molecular weight is 481 g/mol. The van der Waals surface area contributed by atoms with Gasteiger partial charge in [-0.15, -0.1) is 0 Å². The van der Waals surface area contributed by atoms with Crippen LogP contribution in [0.1, 0.15) is 33.1 Å². The molecule has 2 aliphatic rings. The first-order chi connectivity index (χ1) is 15.4. The van der Waals surface area contributed by atoms with E-state index in [4.69, 9.17) is 9.72 Å². The van der Waals surface area contributed by atoms with E-state index >= 15 is 0 Å². The van der Waals surface area contributed by atoms with Gasteiger partial charge in [-0.2, -0.15) is 4.31 Å². The fraction of sp³-hybridized carbons (Fsp3) is 0.636. The van der Waals surface area contributed by atoms with Gasteiger partial charge in [-0.3, -0.25) is 4.79 Å². The van der Waals surface area contributed by atoms with Crippen LogP contribution in [0.25, 0.3) is 11.0 Å². The number of sulfonamides is 1. The molecule has 1 aliphatic heterocycles. The minimum absolute atomic E-state index is 0.147. The third kappa shape index (κ3) is 5.13. The number of carbonyl (C=O) groups is 1. The molecular formula is C22H32N4O4S2. The second-order valence-electron chi connectivity index (χ2n) is 8.38. The van der Waals surface area contributed by atoms with Crippen LogP contribution in [0.2, 0.25) is 0 Å². The molecule has 4 rings (SSSR count). The van der Waals surface area contributed by atoms with Crippen molar-refractivity contribution in [2.75, 3.05) is 45.1 Å². The highest BCUT2D eigenvalue weighted by atomic mass is 32.2. The van der Waals surface area contributed by atoms with Crippen LogP contribution in [0.15, 0.2) is 28.3 Å². The maximum Gasteiger partial charge on any atom is 0.243 e. The third-order valence-electron chi connectivity index (χ3n) is 5.96. The largest absolute Gasteiger partial charge is 0.379 e. The molecule has 1 aliphatic carbocycles. The van der Waals surface area contributed by atoms with Gasteiger partial charge >= 0.3 is 0 Å². The van der Waals surface area contributed by atoms with E-state index in [0.717, 1.165) is 30.2 Å². The minimum atomic E-state index is -3.58. The lowest BCUT2D eigenvalue weighted by Crippen LogP contribution is -2.40. The zero-order chi connectivity index (χ0) is 22.7. The van der Waals surface area contributed by atoms with Crippen molar-refractivity contribution in [3.63, 3.8) is 0 Å². The molecule has 0 radical (unpaired) electrons. The highest BCUT2D eigenvalue weighted by Crippen LogP contribution is 2.31. The van der Waals surface area contributed by atoms with E-state index in [-0.39, 0.29) is 10.8 Å². The summed E-state index contributed by atoms with van der Waals surface area (Å²) in [6, 6.07) is 5.12. The predicted octanol–water partition coefficient (Wildman–Crippen LogP) is 2.82. The number of fused-ring (bicyclic) bond motifs is 1. The number of ether oxygens (including phenoxy) is 1. The molecule has 8 nitrogen and oxygen atoms in total. The second kappa shape index (κ2) is 10.1. The number of hydrogen-bond donors (Lipinski definition) is 0. The van der Waals surface area contributed by atoms with E-state index in [2.05, 4.69) is 6.92 Å². The van der Waals surface area contributed by atoms with Gasteiger partial charge < -0.3 is 14.2 Å². The number of aromatic nitrogens is 2. The number of amides is 1. The molecule has 1 aromatic heterocycles. The molecule has 1 saturated carbocycles. The lowest BCUT2D eigenvalue weighted by Gasteiger charge is -2.26. The molecule has 2 heterocycles. The van der Waals surface area contributed by atoms with Crippen LogP contribution in [-0.2, 0) is 26.1 Å². The van der Waals surface area contributed by atoms with Crippen LogP contribution in [0.3, 0.4) is 0 Å². The zero-order valence-electron chi connectivity index (χ0n) is 18.8. The van der Waals surface area contributed by atoms with E-state index in [0.29, 0.717) is 50.0 Å². The van der Waals surface area contributed by atoms with Gasteiger partial charge in [-0.05, 0) is 50.3 Å². The number of hydrogen-bond acceptors (Lipinski definition) is 6. The van der Waals surface area contributed by atoms with Crippen LogP contribution in [0.4, 0.5) is 0 Å². The maximum atomic E-state index is 13.0. The SMILES string of the molecule is CCCN(CC1CC1)C(=O)CSc1nc2cc(S(=O)(=O)N3CCOCC3)ccc2n1CC. The predicted molar refractivity (Wildman–Crippen MR) is 125 cm³/mol. The summed E-state index contributed by atoms with van der Waals surface area (Å²) in [6.07, 6.45) is 3.40.